The highest BCUT2D eigenvalue weighted by Gasteiger charge is 2.06. The highest BCUT2D eigenvalue weighted by Crippen LogP contribution is 2.27. The lowest BCUT2D eigenvalue weighted by molar-refractivity contribution is 0.494. The number of furan rings is 1. The molecule has 0 aliphatic heterocycles. The molecule has 3 rings (SSSR count). The molecular weight excluding hydrogens is 372 g/mol. The van der Waals surface area contributed by atoms with E-state index in [0.717, 1.165) is 26.8 Å². The van der Waals surface area contributed by atoms with Crippen molar-refractivity contribution < 1.29 is 4.42 Å². The van der Waals surface area contributed by atoms with Crippen molar-refractivity contribution in [1.29, 1.82) is 0 Å². The fourth-order valence-electron chi connectivity index (χ4n) is 1.84. The molecule has 0 amide bonds. The van der Waals surface area contributed by atoms with E-state index < -0.39 is 0 Å². The molecule has 0 unspecified atom stereocenters. The quantitative estimate of drug-likeness (QED) is 0.696. The Morgan fingerprint density at radius 2 is 2.00 bits per heavy atom. The maximum Gasteiger partial charge on any atom is 0.183 e. The summed E-state index contributed by atoms with van der Waals surface area (Å²) in [7, 11) is 0. The number of nitrogens with zero attached hydrogens (tertiary/aromatic N) is 1. The van der Waals surface area contributed by atoms with Gasteiger partial charge < -0.3 is 9.73 Å². The summed E-state index contributed by atoms with van der Waals surface area (Å²) >= 11 is 6.72. The molecule has 3 aromatic rings. The molecule has 0 saturated carbocycles. The zero-order valence-corrected chi connectivity index (χ0v) is 13.0. The molecule has 0 fully saturated rings. The molecule has 2 aromatic heterocycles. The highest BCUT2D eigenvalue weighted by molar-refractivity contribution is 9.13. The molecule has 1 N–H and O–H groups in total. The fraction of sp³-hybridized carbons (Fsp3) is 0.0714. The fourth-order valence-corrected chi connectivity index (χ4v) is 2.49. The number of nitrogens with one attached hydrogen (secondary N) is 1. The Morgan fingerprint density at radius 3 is 2.79 bits per heavy atom. The summed E-state index contributed by atoms with van der Waals surface area (Å²) in [5.41, 5.74) is 1.97. The molecular formula is C14H10Br2N2O. The number of hydrogen-bond acceptors (Lipinski definition) is 3. The summed E-state index contributed by atoms with van der Waals surface area (Å²) in [5, 5.41) is 4.42. The van der Waals surface area contributed by atoms with Crippen LogP contribution < -0.4 is 5.32 Å². The van der Waals surface area contributed by atoms with Crippen molar-refractivity contribution in [2.45, 2.75) is 6.54 Å². The molecule has 5 heteroatoms. The molecule has 0 aliphatic rings. The first-order chi connectivity index (χ1) is 9.22. The lowest BCUT2D eigenvalue weighted by Gasteiger charge is -2.05. The minimum absolute atomic E-state index is 0.615. The molecule has 0 aliphatic carbocycles. The molecule has 0 bridgehead atoms. The maximum atomic E-state index is 5.51. The Balaban J connectivity index is 1.78. The van der Waals surface area contributed by atoms with E-state index in [0.29, 0.717) is 11.2 Å². The van der Waals surface area contributed by atoms with Crippen molar-refractivity contribution >= 4 is 48.5 Å². The number of aromatic nitrogens is 1. The van der Waals surface area contributed by atoms with Crippen molar-refractivity contribution in [1.82, 2.24) is 4.98 Å². The van der Waals surface area contributed by atoms with Crippen molar-refractivity contribution in [2.24, 2.45) is 0 Å². The van der Waals surface area contributed by atoms with E-state index in [9.17, 15) is 0 Å². The summed E-state index contributed by atoms with van der Waals surface area (Å²) in [4.78, 5) is 4.40. The van der Waals surface area contributed by atoms with Gasteiger partial charge in [0.15, 0.2) is 4.67 Å². The van der Waals surface area contributed by atoms with Gasteiger partial charge in [-0.25, -0.2) is 0 Å². The lowest BCUT2D eigenvalue weighted by atomic mass is 10.2. The average Bonchev–Trinajstić information content (AvgIpc) is 2.75. The van der Waals surface area contributed by atoms with Crippen LogP contribution in [-0.2, 0) is 6.54 Å². The van der Waals surface area contributed by atoms with E-state index in [2.05, 4.69) is 48.2 Å². The smallest absolute Gasteiger partial charge is 0.183 e. The van der Waals surface area contributed by atoms with E-state index in [1.807, 2.05) is 36.5 Å². The van der Waals surface area contributed by atoms with E-state index in [4.69, 9.17) is 4.42 Å². The van der Waals surface area contributed by atoms with Crippen molar-refractivity contribution in [2.75, 3.05) is 5.32 Å². The maximum absolute atomic E-state index is 5.51. The number of anilines is 1. The number of benzene rings is 1. The molecule has 0 saturated heterocycles. The van der Waals surface area contributed by atoms with Gasteiger partial charge in [-0.15, -0.1) is 0 Å². The lowest BCUT2D eigenvalue weighted by Crippen LogP contribution is -1.98. The molecule has 2 heterocycles. The van der Waals surface area contributed by atoms with Gasteiger partial charge in [-0.2, -0.15) is 0 Å². The van der Waals surface area contributed by atoms with Crippen LogP contribution in [0.1, 0.15) is 5.76 Å². The predicted molar refractivity (Wildman–Crippen MR) is 83.2 cm³/mol. The number of halogens is 2. The molecule has 0 spiro atoms. The topological polar surface area (TPSA) is 38.1 Å². The van der Waals surface area contributed by atoms with Crippen molar-refractivity contribution in [3.63, 3.8) is 0 Å². The van der Waals surface area contributed by atoms with Gasteiger partial charge in [-0.1, -0.05) is 18.2 Å². The van der Waals surface area contributed by atoms with Crippen LogP contribution in [0.4, 0.5) is 5.69 Å². The Morgan fingerprint density at radius 1 is 1.16 bits per heavy atom. The Labute approximate surface area is 127 Å². The van der Waals surface area contributed by atoms with Gasteiger partial charge in [-0.05, 0) is 50.1 Å². The van der Waals surface area contributed by atoms with E-state index in [-0.39, 0.29) is 0 Å². The van der Waals surface area contributed by atoms with Gasteiger partial charge >= 0.3 is 0 Å². The summed E-state index contributed by atoms with van der Waals surface area (Å²) in [6, 6.07) is 12.1. The Hall–Kier alpha value is -1.33. The summed E-state index contributed by atoms with van der Waals surface area (Å²) in [6.45, 7) is 0.615. The normalized spacial score (nSPS) is 10.8. The molecule has 0 atom stereocenters. The van der Waals surface area contributed by atoms with Gasteiger partial charge in [0, 0.05) is 5.39 Å². The average molecular weight is 382 g/mol. The summed E-state index contributed by atoms with van der Waals surface area (Å²) in [5.74, 6) is 0.854. The van der Waals surface area contributed by atoms with Crippen LogP contribution >= 0.6 is 31.9 Å². The van der Waals surface area contributed by atoms with Crippen LogP contribution in [0.5, 0.6) is 0 Å². The van der Waals surface area contributed by atoms with Gasteiger partial charge in [0.05, 0.1) is 28.4 Å². The minimum Gasteiger partial charge on any atom is -0.451 e. The van der Waals surface area contributed by atoms with Crippen LogP contribution in [0.3, 0.4) is 0 Å². The van der Waals surface area contributed by atoms with Crippen LogP contribution in [0.25, 0.3) is 10.9 Å². The van der Waals surface area contributed by atoms with Crippen LogP contribution in [-0.4, -0.2) is 4.98 Å². The second kappa shape index (κ2) is 5.35. The molecule has 0 radical (unpaired) electrons. The van der Waals surface area contributed by atoms with Crippen molar-refractivity contribution in [3.8, 4) is 0 Å². The third kappa shape index (κ3) is 2.82. The van der Waals surface area contributed by atoms with Gasteiger partial charge in [0.2, 0.25) is 0 Å². The number of hydrogen-bond donors (Lipinski definition) is 1. The molecule has 3 nitrogen and oxygen atoms in total. The number of rotatable bonds is 3. The van der Waals surface area contributed by atoms with E-state index >= 15 is 0 Å². The van der Waals surface area contributed by atoms with Crippen molar-refractivity contribution in [3.05, 3.63) is 57.5 Å². The van der Waals surface area contributed by atoms with E-state index in [1.54, 1.807) is 0 Å². The standard InChI is InChI=1S/C14H10Br2N2O/c15-12-6-11(19-14(12)16)8-17-10-5-9-3-1-2-4-13(9)18-7-10/h1-7,17H,8H2. The Kier molecular flexibility index (Phi) is 3.57. The summed E-state index contributed by atoms with van der Waals surface area (Å²) < 4.78 is 7.14. The van der Waals surface area contributed by atoms with Gasteiger partial charge in [-0.3, -0.25) is 4.98 Å². The molecule has 1 aromatic carbocycles. The Bertz CT molecular complexity index is 705. The summed E-state index contributed by atoms with van der Waals surface area (Å²) in [6.07, 6.45) is 1.83. The number of pyridine rings is 1. The third-order valence-corrected chi connectivity index (χ3v) is 4.46. The zero-order valence-electron chi connectivity index (χ0n) is 9.86. The zero-order chi connectivity index (χ0) is 13.2. The second-order valence-electron chi connectivity index (χ2n) is 4.10. The van der Waals surface area contributed by atoms with Gasteiger partial charge in [0.25, 0.3) is 0 Å². The SMILES string of the molecule is Brc1cc(CNc2cnc3ccccc3c2)oc1Br. The largest absolute Gasteiger partial charge is 0.451 e. The first-order valence-corrected chi connectivity index (χ1v) is 7.33. The molecule has 96 valence electrons. The number of para-hydroxylation sites is 1. The number of fused-ring (bicyclic) bond motifs is 1. The van der Waals surface area contributed by atoms with Crippen LogP contribution in [0, 0.1) is 0 Å². The van der Waals surface area contributed by atoms with Crippen LogP contribution in [0.2, 0.25) is 0 Å². The first kappa shape index (κ1) is 12.7. The van der Waals surface area contributed by atoms with E-state index in [1.165, 1.54) is 0 Å². The molecule has 19 heavy (non-hydrogen) atoms. The van der Waals surface area contributed by atoms with Gasteiger partial charge in [0.1, 0.15) is 5.76 Å². The predicted octanol–water partition coefficient (Wildman–Crippen LogP) is 4.96. The highest BCUT2D eigenvalue weighted by atomic mass is 79.9. The van der Waals surface area contributed by atoms with Crippen LogP contribution in [0.15, 0.2) is 56.2 Å². The second-order valence-corrected chi connectivity index (χ2v) is 5.68. The monoisotopic (exact) mass is 380 g/mol. The third-order valence-electron chi connectivity index (χ3n) is 2.75. The first-order valence-electron chi connectivity index (χ1n) is 5.75. The minimum atomic E-state index is 0.615.